The molecule has 1 heterocycles. The molecule has 1 aliphatic heterocycles. The number of hydrogen-bond acceptors (Lipinski definition) is 4. The molecule has 2 aromatic rings. The Balaban J connectivity index is 1.32. The standard InChI is InChI=1S/C26H32F2N2O2S/c1-33(31,32)23-9-5-8-22(16-23)29-14-15-30(24(18-29)21-6-3-2-4-7-21)17-20-10-12-25(13-11-20)19-26(25,27)28/h2-9,16,20,24H,10-15,17-19H2,1H3/t20?,24-,25?/m0/s1. The third kappa shape index (κ3) is 4.54. The average molecular weight is 475 g/mol. The lowest BCUT2D eigenvalue weighted by Gasteiger charge is -2.45. The van der Waals surface area contributed by atoms with Gasteiger partial charge in [0, 0.05) is 50.0 Å². The fraction of sp³-hybridized carbons (Fsp3) is 0.538. The SMILES string of the molecule is CS(=O)(=O)c1cccc(N2CCN(CC3CCC4(CC3)CC4(F)F)[C@H](c3ccccc3)C2)c1. The minimum absolute atomic E-state index is 0.0879. The number of hydrogen-bond donors (Lipinski definition) is 0. The van der Waals surface area contributed by atoms with Crippen molar-refractivity contribution in [3.63, 3.8) is 0 Å². The molecule has 4 nitrogen and oxygen atoms in total. The zero-order valence-corrected chi connectivity index (χ0v) is 19.9. The lowest BCUT2D eigenvalue weighted by molar-refractivity contribution is 0.0337. The highest BCUT2D eigenvalue weighted by atomic mass is 32.2. The molecule has 33 heavy (non-hydrogen) atoms. The molecule has 0 aromatic heterocycles. The maximum absolute atomic E-state index is 13.8. The van der Waals surface area contributed by atoms with Crippen LogP contribution in [-0.2, 0) is 9.84 Å². The van der Waals surface area contributed by atoms with Gasteiger partial charge < -0.3 is 4.90 Å². The molecule has 3 fully saturated rings. The van der Waals surface area contributed by atoms with Gasteiger partial charge in [0.2, 0.25) is 0 Å². The molecule has 178 valence electrons. The molecule has 2 aromatic carbocycles. The van der Waals surface area contributed by atoms with Crippen molar-refractivity contribution in [3.8, 4) is 0 Å². The quantitative estimate of drug-likeness (QED) is 0.600. The molecule has 0 unspecified atom stereocenters. The van der Waals surface area contributed by atoms with E-state index in [9.17, 15) is 17.2 Å². The molecule has 2 saturated carbocycles. The van der Waals surface area contributed by atoms with Crippen molar-refractivity contribution in [2.24, 2.45) is 11.3 Å². The lowest BCUT2D eigenvalue weighted by Crippen LogP contribution is -2.50. The van der Waals surface area contributed by atoms with Crippen LogP contribution in [0.2, 0.25) is 0 Å². The molecular weight excluding hydrogens is 442 g/mol. The average Bonchev–Trinajstić information content (AvgIpc) is 3.34. The largest absolute Gasteiger partial charge is 0.368 e. The molecule has 0 bridgehead atoms. The van der Waals surface area contributed by atoms with Gasteiger partial charge in [0.15, 0.2) is 9.84 Å². The van der Waals surface area contributed by atoms with E-state index in [0.29, 0.717) is 23.7 Å². The first-order valence-corrected chi connectivity index (χ1v) is 13.8. The maximum atomic E-state index is 13.8. The van der Waals surface area contributed by atoms with Crippen LogP contribution in [0, 0.1) is 11.3 Å². The fourth-order valence-corrected chi connectivity index (χ4v) is 6.50. The Morgan fingerprint density at radius 2 is 1.70 bits per heavy atom. The molecule has 3 aliphatic rings. The molecule has 2 aliphatic carbocycles. The van der Waals surface area contributed by atoms with Crippen molar-refractivity contribution < 1.29 is 17.2 Å². The minimum atomic E-state index is -3.26. The topological polar surface area (TPSA) is 40.6 Å². The van der Waals surface area contributed by atoms with Crippen LogP contribution in [-0.4, -0.2) is 51.7 Å². The Bertz CT molecular complexity index is 1100. The Hall–Kier alpha value is -1.99. The van der Waals surface area contributed by atoms with Crippen molar-refractivity contribution in [1.29, 1.82) is 0 Å². The van der Waals surface area contributed by atoms with E-state index in [1.807, 2.05) is 12.1 Å². The zero-order chi connectivity index (χ0) is 23.3. The molecule has 0 radical (unpaired) electrons. The predicted molar refractivity (Wildman–Crippen MR) is 126 cm³/mol. The van der Waals surface area contributed by atoms with Crippen molar-refractivity contribution in [1.82, 2.24) is 4.90 Å². The highest BCUT2D eigenvalue weighted by Crippen LogP contribution is 2.68. The third-order valence-corrected chi connectivity index (χ3v) is 9.16. The van der Waals surface area contributed by atoms with Gasteiger partial charge in [-0.1, -0.05) is 36.4 Å². The first-order chi connectivity index (χ1) is 15.7. The molecule has 0 N–H and O–H groups in total. The molecule has 1 atom stereocenters. The molecule has 1 spiro atoms. The number of anilines is 1. The van der Waals surface area contributed by atoms with E-state index in [0.717, 1.165) is 44.7 Å². The number of piperazine rings is 1. The number of sulfone groups is 1. The first-order valence-electron chi connectivity index (χ1n) is 11.9. The van der Waals surface area contributed by atoms with E-state index in [2.05, 4.69) is 34.1 Å². The third-order valence-electron chi connectivity index (χ3n) is 8.05. The summed E-state index contributed by atoms with van der Waals surface area (Å²) in [6, 6.07) is 17.8. The first kappa shape index (κ1) is 22.8. The predicted octanol–water partition coefficient (Wildman–Crippen LogP) is 5.17. The van der Waals surface area contributed by atoms with E-state index in [4.69, 9.17) is 0 Å². The summed E-state index contributed by atoms with van der Waals surface area (Å²) in [5.41, 5.74) is 1.47. The summed E-state index contributed by atoms with van der Waals surface area (Å²) < 4.78 is 51.7. The highest BCUT2D eigenvalue weighted by Gasteiger charge is 2.70. The number of halogens is 2. The van der Waals surface area contributed by atoms with Gasteiger partial charge in [-0.25, -0.2) is 17.2 Å². The van der Waals surface area contributed by atoms with Crippen molar-refractivity contribution in [2.75, 3.05) is 37.3 Å². The smallest absolute Gasteiger partial charge is 0.254 e. The van der Waals surface area contributed by atoms with Crippen LogP contribution in [0.15, 0.2) is 59.5 Å². The van der Waals surface area contributed by atoms with Gasteiger partial charge in [-0.05, 0) is 55.4 Å². The van der Waals surface area contributed by atoms with Gasteiger partial charge in [-0.15, -0.1) is 0 Å². The maximum Gasteiger partial charge on any atom is 0.254 e. The Morgan fingerprint density at radius 1 is 1.00 bits per heavy atom. The Morgan fingerprint density at radius 3 is 2.33 bits per heavy atom. The number of rotatable bonds is 5. The summed E-state index contributed by atoms with van der Waals surface area (Å²) in [5, 5.41) is 0. The monoisotopic (exact) mass is 474 g/mol. The van der Waals surface area contributed by atoms with Crippen molar-refractivity contribution in [2.45, 2.75) is 49.0 Å². The van der Waals surface area contributed by atoms with E-state index in [1.54, 1.807) is 18.2 Å². The van der Waals surface area contributed by atoms with E-state index in [-0.39, 0.29) is 12.5 Å². The number of nitrogens with zero attached hydrogens (tertiary/aromatic N) is 2. The van der Waals surface area contributed by atoms with Crippen LogP contribution in [0.1, 0.15) is 43.7 Å². The second-order valence-corrected chi connectivity index (χ2v) is 12.3. The Kier molecular flexibility index (Phi) is 5.76. The van der Waals surface area contributed by atoms with Gasteiger partial charge in [0.1, 0.15) is 0 Å². The van der Waals surface area contributed by atoms with Gasteiger partial charge >= 0.3 is 0 Å². The molecule has 5 rings (SSSR count). The van der Waals surface area contributed by atoms with Gasteiger partial charge in [-0.2, -0.15) is 0 Å². The summed E-state index contributed by atoms with van der Waals surface area (Å²) in [5.74, 6) is -1.98. The van der Waals surface area contributed by atoms with Crippen LogP contribution in [0.25, 0.3) is 0 Å². The number of alkyl halides is 2. The molecule has 7 heteroatoms. The van der Waals surface area contributed by atoms with Crippen LogP contribution < -0.4 is 4.90 Å². The summed E-state index contributed by atoms with van der Waals surface area (Å²) in [6.07, 6.45) is 4.40. The van der Waals surface area contributed by atoms with Gasteiger partial charge in [-0.3, -0.25) is 4.90 Å². The lowest BCUT2D eigenvalue weighted by atomic mass is 9.79. The second kappa shape index (κ2) is 8.35. The highest BCUT2D eigenvalue weighted by molar-refractivity contribution is 7.90. The van der Waals surface area contributed by atoms with Crippen LogP contribution >= 0.6 is 0 Å². The van der Waals surface area contributed by atoms with Crippen molar-refractivity contribution >= 4 is 15.5 Å². The van der Waals surface area contributed by atoms with Crippen molar-refractivity contribution in [3.05, 3.63) is 60.2 Å². The molecular formula is C26H32F2N2O2S. The Labute approximate surface area is 195 Å². The van der Waals surface area contributed by atoms with Crippen LogP contribution in [0.3, 0.4) is 0 Å². The summed E-state index contributed by atoms with van der Waals surface area (Å²) in [6.45, 7) is 3.37. The summed E-state index contributed by atoms with van der Waals surface area (Å²) in [4.78, 5) is 5.12. The number of benzene rings is 2. The normalized spacial score (nSPS) is 29.8. The van der Waals surface area contributed by atoms with Gasteiger partial charge in [0.05, 0.1) is 10.9 Å². The van der Waals surface area contributed by atoms with E-state index < -0.39 is 21.2 Å². The van der Waals surface area contributed by atoms with Crippen LogP contribution in [0.5, 0.6) is 0 Å². The molecule has 1 saturated heterocycles. The van der Waals surface area contributed by atoms with Gasteiger partial charge in [0.25, 0.3) is 5.92 Å². The summed E-state index contributed by atoms with van der Waals surface area (Å²) in [7, 11) is -3.26. The summed E-state index contributed by atoms with van der Waals surface area (Å²) >= 11 is 0. The van der Waals surface area contributed by atoms with E-state index in [1.165, 1.54) is 11.8 Å². The van der Waals surface area contributed by atoms with Crippen LogP contribution in [0.4, 0.5) is 14.5 Å². The fourth-order valence-electron chi connectivity index (χ4n) is 5.84. The zero-order valence-electron chi connectivity index (χ0n) is 19.1. The minimum Gasteiger partial charge on any atom is -0.368 e. The van der Waals surface area contributed by atoms with E-state index >= 15 is 0 Å². The molecule has 0 amide bonds. The second-order valence-electron chi connectivity index (χ2n) is 10.2.